The molecule has 3 heterocycles. The summed E-state index contributed by atoms with van der Waals surface area (Å²) in [5.74, 6) is -0.184. The van der Waals surface area contributed by atoms with E-state index in [9.17, 15) is 9.90 Å². The van der Waals surface area contributed by atoms with Gasteiger partial charge in [-0.25, -0.2) is 14.4 Å². The molecule has 0 spiro atoms. The van der Waals surface area contributed by atoms with Gasteiger partial charge in [-0.05, 0) is 76.0 Å². The van der Waals surface area contributed by atoms with Crippen molar-refractivity contribution in [2.45, 2.75) is 0 Å². The zero-order chi connectivity index (χ0) is 23.9. The van der Waals surface area contributed by atoms with Gasteiger partial charge in [0.2, 0.25) is 0 Å². The summed E-state index contributed by atoms with van der Waals surface area (Å²) in [6, 6.07) is 22.4. The first-order chi connectivity index (χ1) is 17.1. The van der Waals surface area contributed by atoms with Crippen LogP contribution in [0.5, 0.6) is 5.75 Å². The lowest BCUT2D eigenvalue weighted by Gasteiger charge is -2.07. The van der Waals surface area contributed by atoms with Gasteiger partial charge in [-0.3, -0.25) is 0 Å². The Kier molecular flexibility index (Phi) is 4.77. The van der Waals surface area contributed by atoms with Gasteiger partial charge in [-0.15, -0.1) is 0 Å². The van der Waals surface area contributed by atoms with Crippen molar-refractivity contribution in [2.75, 3.05) is 7.11 Å². The predicted octanol–water partition coefficient (Wildman–Crippen LogP) is 5.60. The van der Waals surface area contributed by atoms with Crippen LogP contribution in [0.1, 0.15) is 10.4 Å². The summed E-state index contributed by atoms with van der Waals surface area (Å²) in [4.78, 5) is 16.0. The Morgan fingerprint density at radius 2 is 1.63 bits per heavy atom. The van der Waals surface area contributed by atoms with Gasteiger partial charge in [-0.2, -0.15) is 0 Å². The van der Waals surface area contributed by atoms with E-state index in [2.05, 4.69) is 16.4 Å². The van der Waals surface area contributed by atoms with Gasteiger partial charge < -0.3 is 14.4 Å². The molecule has 0 unspecified atom stereocenters. The summed E-state index contributed by atoms with van der Waals surface area (Å²) in [6.07, 6.45) is 3.85. The number of pyridine rings is 1. The molecule has 0 bridgehead atoms. The second-order valence-electron chi connectivity index (χ2n) is 8.06. The average molecular weight is 462 g/mol. The largest absolute Gasteiger partial charge is 0.497 e. The summed E-state index contributed by atoms with van der Waals surface area (Å²) in [7, 11) is 1.64. The number of nitrogens with zero attached hydrogens (tertiary/aromatic N) is 4. The quantitative estimate of drug-likeness (QED) is 0.355. The second-order valence-corrected chi connectivity index (χ2v) is 8.06. The molecule has 0 radical (unpaired) electrons. The number of hydrogen-bond donors (Lipinski definition) is 1. The number of rotatable bonds is 5. The van der Waals surface area contributed by atoms with Gasteiger partial charge in [0.25, 0.3) is 0 Å². The molecule has 0 aliphatic carbocycles. The SMILES string of the molecule is COc1ccc(-n2cc(-c3ccc4nonc4c3)c3cc(-c4ccc(C(=O)O)cc4)cnc32)cc1. The molecule has 6 aromatic rings. The van der Waals surface area contributed by atoms with Gasteiger partial charge >= 0.3 is 5.97 Å². The number of aromatic carboxylic acids is 1. The topological polar surface area (TPSA) is 103 Å². The molecule has 0 saturated carbocycles. The molecule has 0 aliphatic rings. The molecule has 8 heteroatoms. The smallest absolute Gasteiger partial charge is 0.335 e. The summed E-state index contributed by atoms with van der Waals surface area (Å²) in [5.41, 5.74) is 7.00. The Balaban J connectivity index is 1.55. The Labute approximate surface area is 199 Å². The molecule has 170 valence electrons. The summed E-state index contributed by atoms with van der Waals surface area (Å²) >= 11 is 0. The zero-order valence-electron chi connectivity index (χ0n) is 18.5. The van der Waals surface area contributed by atoms with Crippen molar-refractivity contribution < 1.29 is 19.3 Å². The Hall–Kier alpha value is -4.98. The fourth-order valence-electron chi connectivity index (χ4n) is 4.19. The minimum Gasteiger partial charge on any atom is -0.497 e. The van der Waals surface area contributed by atoms with E-state index in [4.69, 9.17) is 14.3 Å². The fourth-order valence-corrected chi connectivity index (χ4v) is 4.19. The predicted molar refractivity (Wildman–Crippen MR) is 131 cm³/mol. The van der Waals surface area contributed by atoms with Gasteiger partial charge in [0, 0.05) is 34.6 Å². The number of methoxy groups -OCH3 is 1. The Morgan fingerprint density at radius 1 is 0.886 bits per heavy atom. The van der Waals surface area contributed by atoms with Crippen LogP contribution >= 0.6 is 0 Å². The normalized spacial score (nSPS) is 11.2. The third-order valence-electron chi connectivity index (χ3n) is 6.02. The van der Waals surface area contributed by atoms with E-state index < -0.39 is 5.97 Å². The molecule has 0 fully saturated rings. The van der Waals surface area contributed by atoms with Crippen LogP contribution in [0.3, 0.4) is 0 Å². The van der Waals surface area contributed by atoms with Crippen molar-refractivity contribution in [1.29, 1.82) is 0 Å². The fraction of sp³-hybridized carbons (Fsp3) is 0.0370. The standard InChI is InChI=1S/C27H18N4O4/c1-34-21-9-7-20(8-10-21)31-15-23(18-6-11-24-25(13-18)30-35-29-24)22-12-19(14-28-26(22)31)16-2-4-17(5-3-16)27(32)33/h2-15H,1H3,(H,32,33). The molecule has 8 nitrogen and oxygen atoms in total. The minimum absolute atomic E-state index is 0.239. The second kappa shape index (κ2) is 8.11. The van der Waals surface area contributed by atoms with E-state index >= 15 is 0 Å². The number of carbonyl (C=O) groups is 1. The van der Waals surface area contributed by atoms with Crippen molar-refractivity contribution in [2.24, 2.45) is 0 Å². The lowest BCUT2D eigenvalue weighted by Crippen LogP contribution is -1.95. The molecule has 0 aliphatic heterocycles. The van der Waals surface area contributed by atoms with Crippen molar-refractivity contribution in [3.05, 3.63) is 90.8 Å². The van der Waals surface area contributed by atoms with Crippen LogP contribution < -0.4 is 4.74 Å². The van der Waals surface area contributed by atoms with E-state index in [1.54, 1.807) is 37.6 Å². The highest BCUT2D eigenvalue weighted by molar-refractivity contribution is 5.99. The number of carboxylic acid groups (broad SMARTS) is 1. The van der Waals surface area contributed by atoms with Crippen molar-refractivity contribution >= 4 is 28.0 Å². The van der Waals surface area contributed by atoms with E-state index in [1.165, 1.54) is 0 Å². The van der Waals surface area contributed by atoms with Gasteiger partial charge in [0.1, 0.15) is 22.4 Å². The maximum absolute atomic E-state index is 11.2. The van der Waals surface area contributed by atoms with Crippen LogP contribution in [-0.4, -0.2) is 38.1 Å². The average Bonchev–Trinajstić information content (AvgIpc) is 3.53. The first-order valence-corrected chi connectivity index (χ1v) is 10.8. The highest BCUT2D eigenvalue weighted by Gasteiger charge is 2.16. The third-order valence-corrected chi connectivity index (χ3v) is 6.02. The molecular weight excluding hydrogens is 444 g/mol. The van der Waals surface area contributed by atoms with Crippen LogP contribution in [0.4, 0.5) is 0 Å². The van der Waals surface area contributed by atoms with E-state index in [1.807, 2.05) is 53.2 Å². The van der Waals surface area contributed by atoms with Crippen molar-refractivity contribution in [3.63, 3.8) is 0 Å². The van der Waals surface area contributed by atoms with Crippen LogP contribution in [0.25, 0.3) is 50.0 Å². The third kappa shape index (κ3) is 3.57. The molecule has 35 heavy (non-hydrogen) atoms. The number of aromatic nitrogens is 4. The minimum atomic E-state index is -0.957. The number of hydrogen-bond acceptors (Lipinski definition) is 6. The van der Waals surface area contributed by atoms with Crippen LogP contribution in [-0.2, 0) is 0 Å². The van der Waals surface area contributed by atoms with Gasteiger partial charge in [-0.1, -0.05) is 18.2 Å². The summed E-state index contributed by atoms with van der Waals surface area (Å²) in [5, 5.41) is 18.0. The monoisotopic (exact) mass is 462 g/mol. The van der Waals surface area contributed by atoms with E-state index in [0.29, 0.717) is 11.0 Å². The lowest BCUT2D eigenvalue weighted by atomic mass is 10.0. The molecule has 3 aromatic heterocycles. The summed E-state index contributed by atoms with van der Waals surface area (Å²) < 4.78 is 12.2. The van der Waals surface area contributed by atoms with Crippen LogP contribution in [0.15, 0.2) is 89.8 Å². The molecule has 6 rings (SSSR count). The molecule has 0 amide bonds. The summed E-state index contributed by atoms with van der Waals surface area (Å²) in [6.45, 7) is 0. The Bertz CT molecular complexity index is 1700. The van der Waals surface area contributed by atoms with E-state index in [0.717, 1.165) is 44.7 Å². The van der Waals surface area contributed by atoms with Crippen LogP contribution in [0.2, 0.25) is 0 Å². The van der Waals surface area contributed by atoms with Crippen molar-refractivity contribution in [3.8, 4) is 33.7 Å². The molecule has 3 aromatic carbocycles. The van der Waals surface area contributed by atoms with Crippen LogP contribution in [0, 0.1) is 0 Å². The molecule has 0 saturated heterocycles. The zero-order valence-corrected chi connectivity index (χ0v) is 18.5. The first kappa shape index (κ1) is 20.6. The molecule has 0 atom stereocenters. The van der Waals surface area contributed by atoms with Crippen molar-refractivity contribution in [1.82, 2.24) is 19.9 Å². The Morgan fingerprint density at radius 3 is 2.37 bits per heavy atom. The molecular formula is C27H18N4O4. The lowest BCUT2D eigenvalue weighted by molar-refractivity contribution is 0.0697. The van der Waals surface area contributed by atoms with E-state index in [-0.39, 0.29) is 5.56 Å². The molecule has 1 N–H and O–H groups in total. The highest BCUT2D eigenvalue weighted by Crippen LogP contribution is 2.35. The van der Waals surface area contributed by atoms with Gasteiger partial charge in [0.15, 0.2) is 0 Å². The highest BCUT2D eigenvalue weighted by atomic mass is 16.6. The number of carboxylic acids is 1. The number of ether oxygens (including phenoxy) is 1. The number of benzene rings is 3. The maximum Gasteiger partial charge on any atom is 0.335 e. The first-order valence-electron chi connectivity index (χ1n) is 10.8. The van der Waals surface area contributed by atoms with Gasteiger partial charge in [0.05, 0.1) is 12.7 Å². The number of fused-ring (bicyclic) bond motifs is 2. The maximum atomic E-state index is 11.2.